The number of morpholine rings is 2. The summed E-state index contributed by atoms with van der Waals surface area (Å²) in [5.41, 5.74) is 7.15. The van der Waals surface area contributed by atoms with Gasteiger partial charge < -0.3 is 25.0 Å². The van der Waals surface area contributed by atoms with Gasteiger partial charge in [0.15, 0.2) is 5.82 Å². The molecular formula is C17H20N8O2. The van der Waals surface area contributed by atoms with Crippen LogP contribution >= 0.6 is 0 Å². The summed E-state index contributed by atoms with van der Waals surface area (Å²) in [6, 6.07) is 2.27. The number of nitrogen functional groups attached to an aromatic ring is 1. The van der Waals surface area contributed by atoms with Crippen molar-refractivity contribution >= 4 is 17.7 Å². The van der Waals surface area contributed by atoms with Crippen molar-refractivity contribution in [2.24, 2.45) is 0 Å². The molecule has 0 bridgehead atoms. The summed E-state index contributed by atoms with van der Waals surface area (Å²) in [5.74, 6) is 1.36. The molecule has 2 saturated heterocycles. The Morgan fingerprint density at radius 1 is 0.926 bits per heavy atom. The maximum Gasteiger partial charge on any atom is 0.228 e. The molecular weight excluding hydrogens is 348 g/mol. The summed E-state index contributed by atoms with van der Waals surface area (Å²) in [6.07, 6.45) is 3.16. The quantitative estimate of drug-likeness (QED) is 0.794. The summed E-state index contributed by atoms with van der Waals surface area (Å²) in [4.78, 5) is 21.6. The Morgan fingerprint density at radius 3 is 2.11 bits per heavy atom. The van der Waals surface area contributed by atoms with E-state index >= 15 is 0 Å². The second-order valence-electron chi connectivity index (χ2n) is 6.21. The van der Waals surface area contributed by atoms with Crippen molar-refractivity contribution < 1.29 is 9.47 Å². The maximum absolute atomic E-state index is 9.86. The van der Waals surface area contributed by atoms with Crippen molar-refractivity contribution in [3.63, 3.8) is 0 Å². The highest BCUT2D eigenvalue weighted by Gasteiger charge is 2.25. The lowest BCUT2D eigenvalue weighted by molar-refractivity contribution is 0.121. The third-order valence-electron chi connectivity index (χ3n) is 4.54. The molecule has 10 heteroatoms. The summed E-state index contributed by atoms with van der Waals surface area (Å²) >= 11 is 0. The molecule has 0 saturated carbocycles. The average Bonchev–Trinajstić information content (AvgIpc) is 2.74. The van der Waals surface area contributed by atoms with Crippen molar-refractivity contribution in [3.8, 4) is 17.3 Å². The van der Waals surface area contributed by atoms with E-state index in [4.69, 9.17) is 20.2 Å². The van der Waals surface area contributed by atoms with Crippen LogP contribution in [0.25, 0.3) is 11.3 Å². The highest BCUT2D eigenvalue weighted by Crippen LogP contribution is 2.30. The first-order valence-electron chi connectivity index (χ1n) is 8.81. The van der Waals surface area contributed by atoms with E-state index in [1.54, 1.807) is 12.4 Å². The normalized spacial score (nSPS) is 17.6. The van der Waals surface area contributed by atoms with E-state index in [2.05, 4.69) is 30.8 Å². The van der Waals surface area contributed by atoms with Crippen LogP contribution in [0.4, 0.5) is 17.7 Å². The van der Waals surface area contributed by atoms with Crippen LogP contribution in [0.3, 0.4) is 0 Å². The molecule has 2 fully saturated rings. The van der Waals surface area contributed by atoms with E-state index in [0.29, 0.717) is 81.2 Å². The topological polar surface area (TPSA) is 126 Å². The van der Waals surface area contributed by atoms with E-state index in [-0.39, 0.29) is 5.95 Å². The number of aromatic nitrogens is 4. The number of nitrogens with zero attached hydrogens (tertiary/aromatic N) is 7. The predicted molar refractivity (Wildman–Crippen MR) is 98.2 cm³/mol. The predicted octanol–water partition coefficient (Wildman–Crippen LogP) is 0.0607. The number of hydrogen-bond acceptors (Lipinski definition) is 10. The first-order valence-corrected chi connectivity index (χ1v) is 8.81. The minimum absolute atomic E-state index is 0.174. The number of hydrogen-bond donors (Lipinski definition) is 1. The number of nitriles is 1. The number of rotatable bonds is 3. The largest absolute Gasteiger partial charge is 0.378 e. The molecule has 2 aromatic rings. The molecule has 0 unspecified atom stereocenters. The summed E-state index contributed by atoms with van der Waals surface area (Å²) in [7, 11) is 0. The minimum atomic E-state index is 0.174. The fraction of sp³-hybridized carbons (Fsp3) is 0.471. The van der Waals surface area contributed by atoms with Crippen LogP contribution in [0, 0.1) is 11.3 Å². The first kappa shape index (κ1) is 17.4. The van der Waals surface area contributed by atoms with E-state index in [1.807, 2.05) is 0 Å². The van der Waals surface area contributed by atoms with Crippen LogP contribution in [-0.2, 0) is 9.47 Å². The van der Waals surface area contributed by atoms with Crippen LogP contribution in [0.15, 0.2) is 12.4 Å². The average molecular weight is 368 g/mol. The molecule has 140 valence electrons. The van der Waals surface area contributed by atoms with Gasteiger partial charge in [0.25, 0.3) is 0 Å². The van der Waals surface area contributed by atoms with Crippen LogP contribution in [0.5, 0.6) is 0 Å². The lowest BCUT2D eigenvalue weighted by atomic mass is 10.1. The Bertz CT molecular complexity index is 839. The third-order valence-corrected chi connectivity index (χ3v) is 4.54. The lowest BCUT2D eigenvalue weighted by Gasteiger charge is -2.31. The van der Waals surface area contributed by atoms with Gasteiger partial charge in [0, 0.05) is 44.1 Å². The molecule has 2 aliphatic heterocycles. The van der Waals surface area contributed by atoms with Crippen LogP contribution in [-0.4, -0.2) is 72.5 Å². The molecule has 0 aromatic carbocycles. The van der Waals surface area contributed by atoms with Gasteiger partial charge in [-0.25, -0.2) is 15.0 Å². The standard InChI is InChI=1S/C17H20N8O2/c18-9-13-14(12-10-20-16(19)21-11-12)22-17(25-3-7-27-8-4-25)23-15(13)24-1-5-26-6-2-24/h10-11H,1-8H2,(H2,19,20,21). The molecule has 4 heterocycles. The zero-order valence-electron chi connectivity index (χ0n) is 14.8. The van der Waals surface area contributed by atoms with Crippen LogP contribution in [0.2, 0.25) is 0 Å². The van der Waals surface area contributed by atoms with Gasteiger partial charge in [-0.05, 0) is 0 Å². The smallest absolute Gasteiger partial charge is 0.228 e. The minimum Gasteiger partial charge on any atom is -0.378 e. The van der Waals surface area contributed by atoms with Crippen molar-refractivity contribution in [3.05, 3.63) is 18.0 Å². The second kappa shape index (κ2) is 7.69. The van der Waals surface area contributed by atoms with Crippen molar-refractivity contribution in [2.75, 3.05) is 68.1 Å². The van der Waals surface area contributed by atoms with Crippen LogP contribution in [0.1, 0.15) is 5.56 Å². The number of ether oxygens (including phenoxy) is 2. The number of anilines is 3. The summed E-state index contributed by atoms with van der Waals surface area (Å²) in [5, 5.41) is 9.86. The van der Waals surface area contributed by atoms with Gasteiger partial charge in [0.05, 0.1) is 32.1 Å². The fourth-order valence-corrected chi connectivity index (χ4v) is 3.12. The molecule has 0 radical (unpaired) electrons. The van der Waals surface area contributed by atoms with Gasteiger partial charge in [0.1, 0.15) is 11.6 Å². The fourth-order valence-electron chi connectivity index (χ4n) is 3.12. The highest BCUT2D eigenvalue weighted by molar-refractivity contribution is 5.74. The molecule has 0 spiro atoms. The van der Waals surface area contributed by atoms with Gasteiger partial charge >= 0.3 is 0 Å². The maximum atomic E-state index is 9.86. The van der Waals surface area contributed by atoms with Gasteiger partial charge in [0.2, 0.25) is 11.9 Å². The summed E-state index contributed by atoms with van der Waals surface area (Å²) < 4.78 is 10.9. The Labute approximate surface area is 156 Å². The molecule has 2 N–H and O–H groups in total. The Morgan fingerprint density at radius 2 is 1.52 bits per heavy atom. The van der Waals surface area contributed by atoms with Crippen LogP contribution < -0.4 is 15.5 Å². The van der Waals surface area contributed by atoms with Crippen molar-refractivity contribution in [2.45, 2.75) is 0 Å². The SMILES string of the molecule is N#Cc1c(-c2cnc(N)nc2)nc(N2CCOCC2)nc1N1CCOCC1. The van der Waals surface area contributed by atoms with E-state index in [1.165, 1.54) is 0 Å². The van der Waals surface area contributed by atoms with Crippen molar-refractivity contribution in [1.82, 2.24) is 19.9 Å². The summed E-state index contributed by atoms with van der Waals surface area (Å²) in [6.45, 7) is 5.19. The molecule has 0 atom stereocenters. The van der Waals surface area contributed by atoms with E-state index in [0.717, 1.165) is 0 Å². The Hall–Kier alpha value is -3.03. The highest BCUT2D eigenvalue weighted by atomic mass is 16.5. The molecule has 0 amide bonds. The van der Waals surface area contributed by atoms with E-state index < -0.39 is 0 Å². The Kier molecular flexibility index (Phi) is 4.95. The Balaban J connectivity index is 1.84. The lowest BCUT2D eigenvalue weighted by Crippen LogP contribution is -2.40. The third kappa shape index (κ3) is 3.60. The van der Waals surface area contributed by atoms with Gasteiger partial charge in [-0.3, -0.25) is 0 Å². The zero-order valence-corrected chi connectivity index (χ0v) is 14.8. The molecule has 2 aliphatic rings. The van der Waals surface area contributed by atoms with Crippen molar-refractivity contribution in [1.29, 1.82) is 5.26 Å². The first-order chi connectivity index (χ1) is 13.3. The molecule has 4 rings (SSSR count). The second-order valence-corrected chi connectivity index (χ2v) is 6.21. The van der Waals surface area contributed by atoms with E-state index in [9.17, 15) is 5.26 Å². The van der Waals surface area contributed by atoms with Gasteiger partial charge in [-0.15, -0.1) is 0 Å². The number of nitrogens with two attached hydrogens (primary N) is 1. The molecule has 2 aromatic heterocycles. The van der Waals surface area contributed by atoms with Gasteiger partial charge in [-0.1, -0.05) is 0 Å². The monoisotopic (exact) mass is 368 g/mol. The molecule has 0 aliphatic carbocycles. The molecule has 10 nitrogen and oxygen atoms in total. The zero-order chi connectivity index (χ0) is 18.6. The van der Waals surface area contributed by atoms with Gasteiger partial charge in [-0.2, -0.15) is 10.2 Å². The molecule has 27 heavy (non-hydrogen) atoms.